The van der Waals surface area contributed by atoms with Crippen LogP contribution in [0.25, 0.3) is 11.0 Å². The highest BCUT2D eigenvalue weighted by Gasteiger charge is 2.30. The van der Waals surface area contributed by atoms with Crippen LogP contribution in [0.15, 0.2) is 54.9 Å². The van der Waals surface area contributed by atoms with Gasteiger partial charge in [-0.25, -0.2) is 4.98 Å². The average molecular weight is 373 g/mol. The lowest BCUT2D eigenvalue weighted by Crippen LogP contribution is -2.34. The number of para-hydroxylation sites is 2. The summed E-state index contributed by atoms with van der Waals surface area (Å²) in [5.41, 5.74) is 2.54. The van der Waals surface area contributed by atoms with Crippen LogP contribution in [0.2, 0.25) is 0 Å². The topological polar surface area (TPSA) is 21.1 Å². The average Bonchev–Trinajstić information content (AvgIpc) is 3.06. The van der Waals surface area contributed by atoms with E-state index < -0.39 is 11.7 Å². The number of halogens is 3. The van der Waals surface area contributed by atoms with E-state index in [0.717, 1.165) is 43.6 Å². The van der Waals surface area contributed by atoms with Gasteiger partial charge >= 0.3 is 6.18 Å². The number of likely N-dealkylation sites (tertiary alicyclic amines) is 1. The predicted octanol–water partition coefficient (Wildman–Crippen LogP) is 4.97. The lowest BCUT2D eigenvalue weighted by Gasteiger charge is -2.32. The molecule has 1 aliphatic heterocycles. The van der Waals surface area contributed by atoms with Crippen molar-refractivity contribution in [2.75, 3.05) is 13.1 Å². The third-order valence-corrected chi connectivity index (χ3v) is 5.38. The summed E-state index contributed by atoms with van der Waals surface area (Å²) >= 11 is 0. The van der Waals surface area contributed by atoms with Crippen LogP contribution >= 0.6 is 0 Å². The molecule has 0 N–H and O–H groups in total. The first-order valence-corrected chi connectivity index (χ1v) is 9.27. The van der Waals surface area contributed by atoms with Gasteiger partial charge in [0, 0.05) is 13.1 Å². The van der Waals surface area contributed by atoms with Crippen molar-refractivity contribution in [2.24, 2.45) is 5.92 Å². The Morgan fingerprint density at radius 1 is 0.963 bits per heavy atom. The van der Waals surface area contributed by atoms with Crippen molar-refractivity contribution in [2.45, 2.75) is 32.1 Å². The van der Waals surface area contributed by atoms with E-state index in [1.165, 1.54) is 17.6 Å². The number of imidazole rings is 1. The second-order valence-corrected chi connectivity index (χ2v) is 7.30. The molecule has 4 rings (SSSR count). The maximum atomic E-state index is 12.7. The summed E-state index contributed by atoms with van der Waals surface area (Å²) in [7, 11) is 0. The summed E-state index contributed by atoms with van der Waals surface area (Å²) in [6, 6.07) is 13.7. The standard InChI is InChI=1S/C21H22F3N3/c22-21(23,24)18-7-5-16(6-8-18)13-26-11-9-17(10-12-26)14-27-15-25-19-3-1-2-4-20(19)27/h1-8,15,17H,9-14H2. The van der Waals surface area contributed by atoms with Crippen LogP contribution in [0.3, 0.4) is 0 Å². The minimum atomic E-state index is -4.27. The molecule has 27 heavy (non-hydrogen) atoms. The molecular formula is C21H22F3N3. The SMILES string of the molecule is FC(F)(F)c1ccc(CN2CCC(Cn3cnc4ccccc43)CC2)cc1. The molecule has 0 radical (unpaired) electrons. The summed E-state index contributed by atoms with van der Waals surface area (Å²) in [5, 5.41) is 0. The highest BCUT2D eigenvalue weighted by Crippen LogP contribution is 2.29. The Balaban J connectivity index is 1.31. The van der Waals surface area contributed by atoms with Crippen molar-refractivity contribution in [3.05, 3.63) is 66.0 Å². The highest BCUT2D eigenvalue weighted by molar-refractivity contribution is 5.74. The molecule has 3 nitrogen and oxygen atoms in total. The Kier molecular flexibility index (Phi) is 4.91. The van der Waals surface area contributed by atoms with Crippen molar-refractivity contribution >= 4 is 11.0 Å². The van der Waals surface area contributed by atoms with Crippen molar-refractivity contribution in [3.8, 4) is 0 Å². The monoisotopic (exact) mass is 373 g/mol. The molecule has 0 bridgehead atoms. The molecule has 1 aromatic heterocycles. The fourth-order valence-corrected chi connectivity index (χ4v) is 3.82. The third-order valence-electron chi connectivity index (χ3n) is 5.38. The summed E-state index contributed by atoms with van der Waals surface area (Å²) in [4.78, 5) is 6.78. The molecule has 1 aliphatic rings. The van der Waals surface area contributed by atoms with E-state index in [1.54, 1.807) is 12.1 Å². The molecular weight excluding hydrogens is 351 g/mol. The number of nitrogens with zero attached hydrogens (tertiary/aromatic N) is 3. The van der Waals surface area contributed by atoms with Crippen LogP contribution in [0.1, 0.15) is 24.0 Å². The number of fused-ring (bicyclic) bond motifs is 1. The largest absolute Gasteiger partial charge is 0.416 e. The maximum absolute atomic E-state index is 12.7. The molecule has 142 valence electrons. The zero-order valence-corrected chi connectivity index (χ0v) is 15.0. The Morgan fingerprint density at radius 3 is 2.37 bits per heavy atom. The van der Waals surface area contributed by atoms with Gasteiger partial charge in [0.25, 0.3) is 0 Å². The van der Waals surface area contributed by atoms with Gasteiger partial charge in [0.1, 0.15) is 0 Å². The van der Waals surface area contributed by atoms with Crippen LogP contribution in [0, 0.1) is 5.92 Å². The van der Waals surface area contributed by atoms with Gasteiger partial charge in [-0.1, -0.05) is 24.3 Å². The third kappa shape index (κ3) is 4.16. The molecule has 6 heteroatoms. The number of rotatable bonds is 4. The minimum Gasteiger partial charge on any atom is -0.330 e. The first-order chi connectivity index (χ1) is 13.0. The Bertz CT molecular complexity index is 891. The zero-order valence-electron chi connectivity index (χ0n) is 15.0. The van der Waals surface area contributed by atoms with Crippen molar-refractivity contribution in [1.29, 1.82) is 0 Å². The van der Waals surface area contributed by atoms with Crippen LogP contribution in [-0.4, -0.2) is 27.5 Å². The number of alkyl halides is 3. The predicted molar refractivity (Wildman–Crippen MR) is 99.2 cm³/mol. The van der Waals surface area contributed by atoms with Gasteiger partial charge in [0.05, 0.1) is 22.9 Å². The van der Waals surface area contributed by atoms with Gasteiger partial charge in [-0.15, -0.1) is 0 Å². The van der Waals surface area contributed by atoms with E-state index in [2.05, 4.69) is 20.5 Å². The van der Waals surface area contributed by atoms with E-state index in [1.807, 2.05) is 24.5 Å². The van der Waals surface area contributed by atoms with Crippen molar-refractivity contribution in [1.82, 2.24) is 14.5 Å². The fraction of sp³-hybridized carbons (Fsp3) is 0.381. The Hall–Kier alpha value is -2.34. The van der Waals surface area contributed by atoms with Gasteiger partial charge in [-0.2, -0.15) is 13.2 Å². The van der Waals surface area contributed by atoms with E-state index in [9.17, 15) is 13.2 Å². The number of piperidine rings is 1. The van der Waals surface area contributed by atoms with Gasteiger partial charge in [0.2, 0.25) is 0 Å². The zero-order chi connectivity index (χ0) is 18.9. The highest BCUT2D eigenvalue weighted by atomic mass is 19.4. The van der Waals surface area contributed by atoms with Gasteiger partial charge in [-0.3, -0.25) is 4.90 Å². The molecule has 0 unspecified atom stereocenters. The van der Waals surface area contributed by atoms with E-state index in [-0.39, 0.29) is 0 Å². The summed E-state index contributed by atoms with van der Waals surface area (Å²) in [6.07, 6.45) is -0.173. The lowest BCUT2D eigenvalue weighted by molar-refractivity contribution is -0.137. The number of hydrogen-bond acceptors (Lipinski definition) is 2. The van der Waals surface area contributed by atoms with E-state index >= 15 is 0 Å². The van der Waals surface area contributed by atoms with Crippen molar-refractivity contribution < 1.29 is 13.2 Å². The first-order valence-electron chi connectivity index (χ1n) is 9.27. The fourth-order valence-electron chi connectivity index (χ4n) is 3.82. The van der Waals surface area contributed by atoms with Gasteiger partial charge in [0.15, 0.2) is 0 Å². The Morgan fingerprint density at radius 2 is 1.67 bits per heavy atom. The van der Waals surface area contributed by atoms with Crippen LogP contribution < -0.4 is 0 Å². The van der Waals surface area contributed by atoms with Gasteiger partial charge < -0.3 is 4.57 Å². The lowest BCUT2D eigenvalue weighted by atomic mass is 9.96. The molecule has 0 amide bonds. The normalized spacial score (nSPS) is 16.9. The minimum absolute atomic E-state index is 0.586. The van der Waals surface area contributed by atoms with Crippen molar-refractivity contribution in [3.63, 3.8) is 0 Å². The first kappa shape index (κ1) is 18.0. The van der Waals surface area contributed by atoms with Crippen LogP contribution in [-0.2, 0) is 19.3 Å². The molecule has 3 aromatic rings. The van der Waals surface area contributed by atoms with Crippen LogP contribution in [0.5, 0.6) is 0 Å². The van der Waals surface area contributed by atoms with Crippen LogP contribution in [0.4, 0.5) is 13.2 Å². The molecule has 0 spiro atoms. The molecule has 0 aliphatic carbocycles. The quantitative estimate of drug-likeness (QED) is 0.644. The maximum Gasteiger partial charge on any atom is 0.416 e. The van der Waals surface area contributed by atoms with Gasteiger partial charge in [-0.05, 0) is 61.7 Å². The summed E-state index contributed by atoms with van der Waals surface area (Å²) in [5.74, 6) is 0.603. The molecule has 1 fully saturated rings. The summed E-state index contributed by atoms with van der Waals surface area (Å²) < 4.78 is 40.2. The van der Waals surface area contributed by atoms with E-state index in [4.69, 9.17) is 0 Å². The molecule has 2 aromatic carbocycles. The number of benzene rings is 2. The molecule has 1 saturated heterocycles. The smallest absolute Gasteiger partial charge is 0.330 e. The number of hydrogen-bond donors (Lipinski definition) is 0. The summed E-state index contributed by atoms with van der Waals surface area (Å²) in [6.45, 7) is 3.62. The second-order valence-electron chi connectivity index (χ2n) is 7.30. The molecule has 0 atom stereocenters. The van der Waals surface area contributed by atoms with E-state index in [0.29, 0.717) is 12.5 Å². The molecule has 2 heterocycles. The number of aromatic nitrogens is 2. The molecule has 0 saturated carbocycles. The second kappa shape index (κ2) is 7.35. The Labute approximate surface area is 156 Å².